The molecule has 0 saturated carbocycles. The molecule has 2 aromatic rings. The van der Waals surface area contributed by atoms with Crippen molar-refractivity contribution in [1.82, 2.24) is 4.98 Å². The minimum Gasteiger partial charge on any atom is -0.375 e. The van der Waals surface area contributed by atoms with Crippen molar-refractivity contribution in [3.8, 4) is 0 Å². The molecule has 0 aliphatic heterocycles. The number of nitrogens with one attached hydrogen (secondary N) is 1. The van der Waals surface area contributed by atoms with Crippen LogP contribution in [0.2, 0.25) is 0 Å². The Morgan fingerprint density at radius 3 is 3.00 bits per heavy atom. The highest BCUT2D eigenvalue weighted by molar-refractivity contribution is 7.13. The third-order valence-corrected chi connectivity index (χ3v) is 2.94. The summed E-state index contributed by atoms with van der Waals surface area (Å²) in [5, 5.41) is 5.11. The number of thiazole rings is 1. The normalized spacial score (nSPS) is 10.2. The molecule has 1 aromatic heterocycles. The highest BCUT2D eigenvalue weighted by Crippen LogP contribution is 2.13. The van der Waals surface area contributed by atoms with Crippen LogP contribution in [0, 0.1) is 6.92 Å². The van der Waals surface area contributed by atoms with Crippen LogP contribution >= 0.6 is 11.3 Å². The summed E-state index contributed by atoms with van der Waals surface area (Å²) in [6.07, 6.45) is 0.252. The average Bonchev–Trinajstić information content (AvgIpc) is 2.63. The summed E-state index contributed by atoms with van der Waals surface area (Å²) in [5.74, 6) is -0.0825. The number of aromatic nitrogens is 1. The van der Waals surface area contributed by atoms with E-state index in [0.29, 0.717) is 10.8 Å². The van der Waals surface area contributed by atoms with Gasteiger partial charge in [0, 0.05) is 11.1 Å². The van der Waals surface area contributed by atoms with Gasteiger partial charge in [-0.05, 0) is 24.6 Å². The zero-order chi connectivity index (χ0) is 12.3. The Kier molecular flexibility index (Phi) is 3.39. The molecule has 0 aliphatic carbocycles. The fourth-order valence-corrected chi connectivity index (χ4v) is 2.06. The molecule has 0 spiro atoms. The van der Waals surface area contributed by atoms with E-state index in [1.807, 2.05) is 31.2 Å². The molecule has 2 rings (SSSR count). The molecule has 17 heavy (non-hydrogen) atoms. The lowest BCUT2D eigenvalue weighted by Gasteiger charge is -2.04. The Bertz CT molecular complexity index is 536. The van der Waals surface area contributed by atoms with Crippen LogP contribution in [0.4, 0.5) is 10.8 Å². The predicted octanol–water partition coefficient (Wildman–Crippen LogP) is 2.21. The number of anilines is 2. The van der Waals surface area contributed by atoms with Gasteiger partial charge in [-0.3, -0.25) is 4.79 Å². The number of hydrogen-bond acceptors (Lipinski definition) is 4. The van der Waals surface area contributed by atoms with Crippen LogP contribution < -0.4 is 11.1 Å². The molecule has 1 amide bonds. The second kappa shape index (κ2) is 4.97. The number of carbonyl (C=O) groups is 1. The average molecular weight is 247 g/mol. The highest BCUT2D eigenvalue weighted by Gasteiger charge is 2.06. The van der Waals surface area contributed by atoms with Crippen LogP contribution in [0.15, 0.2) is 29.6 Å². The van der Waals surface area contributed by atoms with Gasteiger partial charge in [0.2, 0.25) is 5.91 Å². The minimum absolute atomic E-state index is 0.0825. The van der Waals surface area contributed by atoms with Crippen molar-refractivity contribution in [1.29, 1.82) is 0 Å². The highest BCUT2D eigenvalue weighted by atomic mass is 32.1. The fourth-order valence-electron chi connectivity index (χ4n) is 1.50. The lowest BCUT2D eigenvalue weighted by Crippen LogP contribution is -2.14. The van der Waals surface area contributed by atoms with E-state index in [1.165, 1.54) is 11.3 Å². The number of nitrogens with two attached hydrogens (primary N) is 1. The third kappa shape index (κ3) is 3.29. The minimum atomic E-state index is -0.0825. The maximum Gasteiger partial charge on any atom is 0.230 e. The fraction of sp³-hybridized carbons (Fsp3) is 0.167. The second-order valence-electron chi connectivity index (χ2n) is 3.77. The molecule has 3 N–H and O–H groups in total. The molecule has 0 bridgehead atoms. The van der Waals surface area contributed by atoms with Gasteiger partial charge < -0.3 is 11.1 Å². The number of nitrogens with zero attached hydrogens (tertiary/aromatic N) is 1. The van der Waals surface area contributed by atoms with Gasteiger partial charge in [0.05, 0.1) is 12.1 Å². The van der Waals surface area contributed by atoms with Crippen molar-refractivity contribution < 1.29 is 4.79 Å². The maximum absolute atomic E-state index is 11.7. The van der Waals surface area contributed by atoms with Crippen LogP contribution in [-0.2, 0) is 11.2 Å². The largest absolute Gasteiger partial charge is 0.375 e. The van der Waals surface area contributed by atoms with Crippen molar-refractivity contribution in [3.05, 3.63) is 40.9 Å². The number of rotatable bonds is 3. The van der Waals surface area contributed by atoms with E-state index in [1.54, 1.807) is 5.38 Å². The number of benzene rings is 1. The Morgan fingerprint density at radius 2 is 2.35 bits per heavy atom. The quantitative estimate of drug-likeness (QED) is 0.873. The van der Waals surface area contributed by atoms with Crippen molar-refractivity contribution in [2.45, 2.75) is 13.3 Å². The van der Waals surface area contributed by atoms with Crippen LogP contribution in [0.5, 0.6) is 0 Å². The van der Waals surface area contributed by atoms with E-state index in [2.05, 4.69) is 10.3 Å². The smallest absolute Gasteiger partial charge is 0.230 e. The molecule has 4 nitrogen and oxygen atoms in total. The van der Waals surface area contributed by atoms with E-state index in [4.69, 9.17) is 5.73 Å². The molecule has 0 unspecified atom stereocenters. The standard InChI is InChI=1S/C12H13N3OS/c1-8-3-2-4-9(5-8)14-11(16)6-10-7-17-12(13)15-10/h2-5,7H,6H2,1H3,(H2,13,15)(H,14,16). The summed E-state index contributed by atoms with van der Waals surface area (Å²) in [6, 6.07) is 7.68. The molecule has 1 heterocycles. The molecular formula is C12H13N3OS. The molecule has 88 valence electrons. The first-order valence-electron chi connectivity index (χ1n) is 5.20. The van der Waals surface area contributed by atoms with Gasteiger partial charge in [-0.2, -0.15) is 0 Å². The van der Waals surface area contributed by atoms with Gasteiger partial charge in [0.25, 0.3) is 0 Å². The number of hydrogen-bond donors (Lipinski definition) is 2. The lowest BCUT2D eigenvalue weighted by molar-refractivity contribution is -0.115. The van der Waals surface area contributed by atoms with Crippen LogP contribution in [0.1, 0.15) is 11.3 Å². The summed E-state index contributed by atoms with van der Waals surface area (Å²) >= 11 is 1.34. The third-order valence-electron chi connectivity index (χ3n) is 2.21. The SMILES string of the molecule is Cc1cccc(NC(=O)Cc2csc(N)n2)c1. The van der Waals surface area contributed by atoms with E-state index < -0.39 is 0 Å². The number of nitrogen functional groups attached to an aromatic ring is 1. The molecule has 0 saturated heterocycles. The molecular weight excluding hydrogens is 234 g/mol. The maximum atomic E-state index is 11.7. The monoisotopic (exact) mass is 247 g/mol. The lowest BCUT2D eigenvalue weighted by atomic mass is 10.2. The Morgan fingerprint density at radius 1 is 1.53 bits per heavy atom. The Labute approximate surface area is 103 Å². The van der Waals surface area contributed by atoms with Crippen molar-refractivity contribution in [2.75, 3.05) is 11.1 Å². The zero-order valence-electron chi connectivity index (χ0n) is 9.43. The molecule has 0 radical (unpaired) electrons. The predicted molar refractivity (Wildman–Crippen MR) is 70.0 cm³/mol. The summed E-state index contributed by atoms with van der Waals surface area (Å²) in [7, 11) is 0. The summed E-state index contributed by atoms with van der Waals surface area (Å²) < 4.78 is 0. The number of carbonyl (C=O) groups excluding carboxylic acids is 1. The number of amides is 1. The summed E-state index contributed by atoms with van der Waals surface area (Å²) in [4.78, 5) is 15.8. The Balaban J connectivity index is 1.98. The molecule has 0 atom stereocenters. The van der Waals surface area contributed by atoms with E-state index in [9.17, 15) is 4.79 Å². The second-order valence-corrected chi connectivity index (χ2v) is 4.66. The first-order valence-corrected chi connectivity index (χ1v) is 6.08. The molecule has 0 aliphatic rings. The van der Waals surface area contributed by atoms with Gasteiger partial charge >= 0.3 is 0 Å². The summed E-state index contributed by atoms with van der Waals surface area (Å²) in [6.45, 7) is 1.98. The molecule has 0 fully saturated rings. The number of aryl methyl sites for hydroxylation is 1. The Hall–Kier alpha value is -1.88. The first-order chi connectivity index (χ1) is 8.13. The molecule has 5 heteroatoms. The van der Waals surface area contributed by atoms with Crippen molar-refractivity contribution in [3.63, 3.8) is 0 Å². The summed E-state index contributed by atoms with van der Waals surface area (Å²) in [5.41, 5.74) is 8.12. The first kappa shape index (κ1) is 11.6. The van der Waals surface area contributed by atoms with Gasteiger partial charge in [-0.1, -0.05) is 12.1 Å². The van der Waals surface area contributed by atoms with Crippen molar-refractivity contribution >= 4 is 28.1 Å². The van der Waals surface area contributed by atoms with Gasteiger partial charge in [-0.25, -0.2) is 4.98 Å². The van der Waals surface area contributed by atoms with E-state index in [0.717, 1.165) is 11.3 Å². The van der Waals surface area contributed by atoms with Crippen LogP contribution in [0.25, 0.3) is 0 Å². The van der Waals surface area contributed by atoms with E-state index >= 15 is 0 Å². The van der Waals surface area contributed by atoms with Gasteiger partial charge in [-0.15, -0.1) is 11.3 Å². The van der Waals surface area contributed by atoms with Crippen LogP contribution in [-0.4, -0.2) is 10.9 Å². The van der Waals surface area contributed by atoms with E-state index in [-0.39, 0.29) is 12.3 Å². The van der Waals surface area contributed by atoms with Gasteiger partial charge in [0.15, 0.2) is 5.13 Å². The van der Waals surface area contributed by atoms with Crippen molar-refractivity contribution in [2.24, 2.45) is 0 Å². The van der Waals surface area contributed by atoms with Gasteiger partial charge in [0.1, 0.15) is 0 Å². The van der Waals surface area contributed by atoms with Crippen LogP contribution in [0.3, 0.4) is 0 Å². The molecule has 1 aromatic carbocycles. The topological polar surface area (TPSA) is 68.0 Å². The zero-order valence-corrected chi connectivity index (χ0v) is 10.3.